The van der Waals surface area contributed by atoms with E-state index in [1.54, 1.807) is 24.3 Å². The fourth-order valence-corrected chi connectivity index (χ4v) is 1.29. The molecule has 18 heavy (non-hydrogen) atoms. The lowest BCUT2D eigenvalue weighted by Gasteiger charge is -2.03. The average molecular weight is 240 g/mol. The second kappa shape index (κ2) is 4.93. The molecule has 1 aromatic carbocycles. The lowest BCUT2D eigenvalue weighted by molar-refractivity contribution is 0.102. The molecular weight excluding hydrogens is 232 g/mol. The molecule has 0 aliphatic rings. The van der Waals surface area contributed by atoms with Crippen LogP contribution >= 0.6 is 0 Å². The number of anilines is 1. The SMILES string of the molecule is N#Cc1ccc(NC(=O)c2ccc(=O)[nH]n2)cc1. The molecular formula is C12H8N4O2. The molecule has 2 N–H and O–H groups in total. The van der Waals surface area contributed by atoms with E-state index in [0.717, 1.165) is 0 Å². The van der Waals surface area contributed by atoms with Crippen LogP contribution in [0.4, 0.5) is 5.69 Å². The molecule has 1 aromatic heterocycles. The molecule has 0 spiro atoms. The topological polar surface area (TPSA) is 98.6 Å². The van der Waals surface area contributed by atoms with Crippen molar-refractivity contribution in [1.29, 1.82) is 5.26 Å². The van der Waals surface area contributed by atoms with Gasteiger partial charge in [-0.15, -0.1) is 0 Å². The largest absolute Gasteiger partial charge is 0.321 e. The van der Waals surface area contributed by atoms with Crippen LogP contribution < -0.4 is 10.9 Å². The number of nitrogens with one attached hydrogen (secondary N) is 2. The maximum atomic E-state index is 11.7. The Hall–Kier alpha value is -2.94. The van der Waals surface area contributed by atoms with Gasteiger partial charge >= 0.3 is 0 Å². The predicted octanol–water partition coefficient (Wildman–Crippen LogP) is 0.894. The fourth-order valence-electron chi connectivity index (χ4n) is 1.29. The van der Waals surface area contributed by atoms with E-state index in [-0.39, 0.29) is 11.3 Å². The summed E-state index contributed by atoms with van der Waals surface area (Å²) in [5, 5.41) is 17.0. The zero-order valence-electron chi connectivity index (χ0n) is 9.18. The Kier molecular flexibility index (Phi) is 3.16. The first-order chi connectivity index (χ1) is 8.69. The molecule has 2 aromatic rings. The summed E-state index contributed by atoms with van der Waals surface area (Å²) < 4.78 is 0. The van der Waals surface area contributed by atoms with Crippen LogP contribution in [0.25, 0.3) is 0 Å². The molecule has 1 heterocycles. The maximum Gasteiger partial charge on any atom is 0.276 e. The van der Waals surface area contributed by atoms with Gasteiger partial charge < -0.3 is 5.32 Å². The highest BCUT2D eigenvalue weighted by molar-refractivity contribution is 6.02. The Morgan fingerprint density at radius 3 is 2.50 bits per heavy atom. The number of nitriles is 1. The average Bonchev–Trinajstić information content (AvgIpc) is 2.40. The Bertz CT molecular complexity index is 647. The first kappa shape index (κ1) is 11.5. The molecule has 0 aliphatic heterocycles. The van der Waals surface area contributed by atoms with Gasteiger partial charge in [0.15, 0.2) is 0 Å². The van der Waals surface area contributed by atoms with Gasteiger partial charge in [-0.2, -0.15) is 10.4 Å². The van der Waals surface area contributed by atoms with Crippen molar-refractivity contribution in [2.75, 3.05) is 5.32 Å². The second-order valence-electron chi connectivity index (χ2n) is 3.45. The molecule has 0 fully saturated rings. The lowest BCUT2D eigenvalue weighted by atomic mass is 10.2. The number of carbonyl (C=O) groups is 1. The molecule has 0 radical (unpaired) electrons. The Morgan fingerprint density at radius 1 is 1.22 bits per heavy atom. The second-order valence-corrected chi connectivity index (χ2v) is 3.45. The fraction of sp³-hybridized carbons (Fsp3) is 0. The summed E-state index contributed by atoms with van der Waals surface area (Å²) >= 11 is 0. The minimum absolute atomic E-state index is 0.110. The van der Waals surface area contributed by atoms with Crippen LogP contribution in [0, 0.1) is 11.3 Å². The van der Waals surface area contributed by atoms with E-state index in [1.807, 2.05) is 6.07 Å². The number of hydrogen-bond donors (Lipinski definition) is 2. The van der Waals surface area contributed by atoms with Gasteiger partial charge in [0, 0.05) is 11.8 Å². The molecule has 1 amide bonds. The first-order valence-corrected chi connectivity index (χ1v) is 5.06. The molecule has 0 saturated carbocycles. The van der Waals surface area contributed by atoms with Crippen LogP contribution in [0.3, 0.4) is 0 Å². The van der Waals surface area contributed by atoms with Crippen LogP contribution in [0.1, 0.15) is 16.1 Å². The third-order valence-electron chi connectivity index (χ3n) is 2.18. The van der Waals surface area contributed by atoms with E-state index in [9.17, 15) is 9.59 Å². The van der Waals surface area contributed by atoms with Gasteiger partial charge in [-0.05, 0) is 30.3 Å². The summed E-state index contributed by atoms with van der Waals surface area (Å²) in [7, 11) is 0. The summed E-state index contributed by atoms with van der Waals surface area (Å²) in [4.78, 5) is 22.5. The number of benzene rings is 1. The highest BCUT2D eigenvalue weighted by Crippen LogP contribution is 2.09. The van der Waals surface area contributed by atoms with Crippen LogP contribution in [0.2, 0.25) is 0 Å². The van der Waals surface area contributed by atoms with Crippen molar-refractivity contribution >= 4 is 11.6 Å². The van der Waals surface area contributed by atoms with Crippen molar-refractivity contribution in [3.05, 3.63) is 58.0 Å². The first-order valence-electron chi connectivity index (χ1n) is 5.06. The number of aromatic nitrogens is 2. The highest BCUT2D eigenvalue weighted by Gasteiger charge is 2.07. The predicted molar refractivity (Wildman–Crippen MR) is 64.0 cm³/mol. The molecule has 0 saturated heterocycles. The minimum atomic E-state index is -0.434. The normalized spacial score (nSPS) is 9.50. The molecule has 0 unspecified atom stereocenters. The summed E-state index contributed by atoms with van der Waals surface area (Å²) in [6, 6.07) is 10.9. The van der Waals surface area contributed by atoms with Gasteiger partial charge in [0.05, 0.1) is 11.6 Å². The molecule has 88 valence electrons. The van der Waals surface area contributed by atoms with Crippen LogP contribution in [0.15, 0.2) is 41.2 Å². The van der Waals surface area contributed by atoms with Crippen LogP contribution in [-0.2, 0) is 0 Å². The zero-order chi connectivity index (χ0) is 13.0. The Labute approximate surface area is 102 Å². The zero-order valence-corrected chi connectivity index (χ0v) is 9.18. The van der Waals surface area contributed by atoms with E-state index >= 15 is 0 Å². The standard InChI is InChI=1S/C12H8N4O2/c13-7-8-1-3-9(4-2-8)14-12(18)10-5-6-11(17)16-15-10/h1-6H,(H,14,18)(H,16,17). The van der Waals surface area contributed by atoms with E-state index < -0.39 is 5.91 Å². The van der Waals surface area contributed by atoms with Crippen molar-refractivity contribution in [3.8, 4) is 6.07 Å². The third kappa shape index (κ3) is 2.59. The third-order valence-corrected chi connectivity index (χ3v) is 2.18. The van der Waals surface area contributed by atoms with Gasteiger partial charge in [-0.3, -0.25) is 9.59 Å². The Morgan fingerprint density at radius 2 is 1.94 bits per heavy atom. The number of nitrogens with zero attached hydrogens (tertiary/aromatic N) is 2. The van der Waals surface area contributed by atoms with Gasteiger partial charge in [-0.1, -0.05) is 0 Å². The number of amides is 1. The molecule has 6 heteroatoms. The molecule has 0 aliphatic carbocycles. The van der Waals surface area contributed by atoms with Gasteiger partial charge in [0.25, 0.3) is 11.5 Å². The van der Waals surface area contributed by atoms with Crippen molar-refractivity contribution in [2.24, 2.45) is 0 Å². The smallest absolute Gasteiger partial charge is 0.276 e. The summed E-state index contributed by atoms with van der Waals surface area (Å²) in [5.41, 5.74) is 0.797. The summed E-state index contributed by atoms with van der Waals surface area (Å²) in [6.45, 7) is 0. The van der Waals surface area contributed by atoms with Crippen molar-refractivity contribution < 1.29 is 4.79 Å². The van der Waals surface area contributed by atoms with Crippen LogP contribution in [0.5, 0.6) is 0 Å². The number of rotatable bonds is 2. The quantitative estimate of drug-likeness (QED) is 0.814. The van der Waals surface area contributed by atoms with Gasteiger partial charge in [0.2, 0.25) is 0 Å². The summed E-state index contributed by atoms with van der Waals surface area (Å²) in [5.74, 6) is -0.434. The van der Waals surface area contributed by atoms with E-state index in [2.05, 4.69) is 15.5 Å². The maximum absolute atomic E-state index is 11.7. The monoisotopic (exact) mass is 240 g/mol. The lowest BCUT2D eigenvalue weighted by Crippen LogP contribution is -2.17. The number of hydrogen-bond acceptors (Lipinski definition) is 4. The van der Waals surface area contributed by atoms with E-state index in [4.69, 9.17) is 5.26 Å². The van der Waals surface area contributed by atoms with Crippen molar-refractivity contribution in [2.45, 2.75) is 0 Å². The molecule has 2 rings (SSSR count). The highest BCUT2D eigenvalue weighted by atomic mass is 16.2. The number of aromatic amines is 1. The van der Waals surface area contributed by atoms with Crippen molar-refractivity contribution in [1.82, 2.24) is 10.2 Å². The molecule has 6 nitrogen and oxygen atoms in total. The Balaban J connectivity index is 2.13. The van der Waals surface area contributed by atoms with Crippen LogP contribution in [-0.4, -0.2) is 16.1 Å². The van der Waals surface area contributed by atoms with Gasteiger partial charge in [0.1, 0.15) is 5.69 Å². The number of carbonyl (C=O) groups excluding carboxylic acids is 1. The number of H-pyrrole nitrogens is 1. The minimum Gasteiger partial charge on any atom is -0.321 e. The van der Waals surface area contributed by atoms with Crippen molar-refractivity contribution in [3.63, 3.8) is 0 Å². The molecule has 0 bridgehead atoms. The van der Waals surface area contributed by atoms with E-state index in [1.165, 1.54) is 12.1 Å². The van der Waals surface area contributed by atoms with Gasteiger partial charge in [-0.25, -0.2) is 5.10 Å². The molecule has 0 atom stereocenters. The van der Waals surface area contributed by atoms with E-state index in [0.29, 0.717) is 11.3 Å². The summed E-state index contributed by atoms with van der Waals surface area (Å²) in [6.07, 6.45) is 0.